The summed E-state index contributed by atoms with van der Waals surface area (Å²) in [5.74, 6) is 0. The molecule has 0 aromatic carbocycles. The van der Waals surface area contributed by atoms with Crippen LogP contribution in [0.3, 0.4) is 0 Å². The van der Waals surface area contributed by atoms with Crippen LogP contribution in [0, 0.1) is 12.2 Å². The van der Waals surface area contributed by atoms with Crippen LogP contribution in [-0.2, 0) is 26.2 Å². The van der Waals surface area contributed by atoms with E-state index in [1.165, 1.54) is 49.7 Å². The van der Waals surface area contributed by atoms with Crippen molar-refractivity contribution in [3.8, 4) is 0 Å². The molecule has 26 heavy (non-hydrogen) atoms. The second-order valence-electron chi connectivity index (χ2n) is 6.46. The number of hydrogen-bond donors (Lipinski definition) is 0. The van der Waals surface area contributed by atoms with E-state index >= 15 is 0 Å². The zero-order valence-corrected chi connectivity index (χ0v) is 23.0. The fourth-order valence-electron chi connectivity index (χ4n) is 2.45. The van der Waals surface area contributed by atoms with Crippen LogP contribution in [0.1, 0.15) is 79.1 Å². The Morgan fingerprint density at radius 1 is 0.808 bits per heavy atom. The summed E-state index contributed by atoms with van der Waals surface area (Å²) in [6.07, 6.45) is 21.2. The van der Waals surface area contributed by atoms with E-state index in [1.54, 1.807) is 11.1 Å². The Hall–Kier alpha value is 0.640. The van der Waals surface area contributed by atoms with Gasteiger partial charge in [-0.1, -0.05) is 66.5 Å². The van der Waals surface area contributed by atoms with Crippen molar-refractivity contribution < 1.29 is 26.2 Å². The van der Waals surface area contributed by atoms with Gasteiger partial charge in [0.15, 0.2) is 0 Å². The quantitative estimate of drug-likeness (QED) is 0.261. The Kier molecular flexibility index (Phi) is 31.1. The number of halogens is 2. The van der Waals surface area contributed by atoms with Crippen LogP contribution in [0.5, 0.6) is 0 Å². The number of rotatable bonds is 6. The smallest absolute Gasteiger partial charge is 0.269 e. The molecule has 0 aromatic rings. The van der Waals surface area contributed by atoms with E-state index in [4.69, 9.17) is 0 Å². The molecule has 4 heteroatoms. The first-order valence-electron chi connectivity index (χ1n) is 9.34. The van der Waals surface area contributed by atoms with Crippen LogP contribution in [0.2, 0.25) is 13.1 Å². The third-order valence-corrected chi connectivity index (χ3v) is 3.73. The van der Waals surface area contributed by atoms with Crippen molar-refractivity contribution in [2.24, 2.45) is 0 Å². The molecule has 2 aliphatic rings. The van der Waals surface area contributed by atoms with Crippen LogP contribution in [-0.4, -0.2) is 9.52 Å². The number of allylic oxidation sites excluding steroid dienone is 8. The summed E-state index contributed by atoms with van der Waals surface area (Å²) in [5, 5.41) is 0. The zero-order valence-electron chi connectivity index (χ0n) is 17.7. The van der Waals surface area contributed by atoms with Gasteiger partial charge in [0.05, 0.1) is 0 Å². The molecule has 0 aromatic heterocycles. The third-order valence-electron chi connectivity index (χ3n) is 3.73. The van der Waals surface area contributed by atoms with Gasteiger partial charge in [0, 0.05) is 9.52 Å². The molecular weight excluding hydrogens is 454 g/mol. The fourth-order valence-corrected chi connectivity index (χ4v) is 2.45. The van der Waals surface area contributed by atoms with Crippen LogP contribution >= 0.6 is 24.8 Å². The average Bonchev–Trinajstić information content (AvgIpc) is 3.13. The molecule has 0 bridgehead atoms. The van der Waals surface area contributed by atoms with Crippen LogP contribution in [0.25, 0.3) is 0 Å². The second-order valence-corrected chi connectivity index (χ2v) is 7.62. The number of hydrogen-bond acceptors (Lipinski definition) is 0. The summed E-state index contributed by atoms with van der Waals surface area (Å²) in [6.45, 7) is 13.1. The molecule has 0 nitrogen and oxygen atoms in total. The Labute approximate surface area is 198 Å². The SMILES string of the molecule is CCCCC1=CC(C)=[C-]C1.CCCCC1=CC(C)=[C-]C1.C[SiH]C.Cl.Cl.[Zr+2]. The van der Waals surface area contributed by atoms with Gasteiger partial charge in [0.2, 0.25) is 0 Å². The first-order valence-corrected chi connectivity index (χ1v) is 11.7. The molecule has 0 fully saturated rings. The zero-order chi connectivity index (χ0) is 17.5. The largest absolute Gasteiger partial charge is 2.00 e. The van der Waals surface area contributed by atoms with Crippen molar-refractivity contribution in [3.05, 3.63) is 46.6 Å². The van der Waals surface area contributed by atoms with E-state index in [2.05, 4.69) is 65.1 Å². The maximum atomic E-state index is 3.30. The fraction of sp³-hybridized carbons (Fsp3) is 0.636. The first-order chi connectivity index (χ1) is 11.1. The summed E-state index contributed by atoms with van der Waals surface area (Å²) in [7, 11) is 0.750. The molecule has 0 unspecified atom stereocenters. The average molecular weight is 494 g/mol. The van der Waals surface area contributed by atoms with E-state index in [1.807, 2.05) is 0 Å². The van der Waals surface area contributed by atoms with Crippen LogP contribution < -0.4 is 0 Å². The van der Waals surface area contributed by atoms with Gasteiger partial charge in [-0.15, -0.1) is 37.7 Å². The Morgan fingerprint density at radius 2 is 1.12 bits per heavy atom. The molecule has 0 heterocycles. The van der Waals surface area contributed by atoms with E-state index in [0.29, 0.717) is 0 Å². The van der Waals surface area contributed by atoms with Gasteiger partial charge >= 0.3 is 26.2 Å². The summed E-state index contributed by atoms with van der Waals surface area (Å²) in [4.78, 5) is 0. The second kappa shape index (κ2) is 23.7. The van der Waals surface area contributed by atoms with E-state index in [-0.39, 0.29) is 51.0 Å². The minimum atomic E-state index is 0. The van der Waals surface area contributed by atoms with Crippen molar-refractivity contribution in [3.63, 3.8) is 0 Å². The molecule has 0 spiro atoms. The molecule has 1 radical (unpaired) electrons. The molecule has 0 atom stereocenters. The third kappa shape index (κ3) is 19.4. The predicted molar refractivity (Wildman–Crippen MR) is 123 cm³/mol. The summed E-state index contributed by atoms with van der Waals surface area (Å²) in [6, 6.07) is 0. The van der Waals surface area contributed by atoms with Crippen molar-refractivity contribution >= 4 is 34.3 Å². The van der Waals surface area contributed by atoms with Gasteiger partial charge in [0.25, 0.3) is 0 Å². The van der Waals surface area contributed by atoms with Gasteiger partial charge < -0.3 is 0 Å². The van der Waals surface area contributed by atoms with Gasteiger partial charge in [-0.05, 0) is 12.8 Å². The van der Waals surface area contributed by atoms with Crippen LogP contribution in [0.15, 0.2) is 34.4 Å². The summed E-state index contributed by atoms with van der Waals surface area (Å²) >= 11 is 0. The molecule has 2 rings (SSSR count). The minimum absolute atomic E-state index is 0. The summed E-state index contributed by atoms with van der Waals surface area (Å²) in [5.41, 5.74) is 5.79. The van der Waals surface area contributed by atoms with Crippen molar-refractivity contribution in [1.82, 2.24) is 0 Å². The van der Waals surface area contributed by atoms with Gasteiger partial charge in [-0.3, -0.25) is 12.2 Å². The van der Waals surface area contributed by atoms with Gasteiger partial charge in [-0.2, -0.15) is 11.1 Å². The molecule has 0 N–H and O–H groups in total. The Morgan fingerprint density at radius 3 is 1.31 bits per heavy atom. The molecule has 0 aliphatic heterocycles. The maximum absolute atomic E-state index is 3.30. The first kappa shape index (κ1) is 34.2. The van der Waals surface area contributed by atoms with E-state index < -0.39 is 0 Å². The molecule has 149 valence electrons. The monoisotopic (exact) mass is 491 g/mol. The summed E-state index contributed by atoms with van der Waals surface area (Å²) < 4.78 is 0. The van der Waals surface area contributed by atoms with Crippen molar-refractivity contribution in [1.29, 1.82) is 0 Å². The standard InChI is InChI=1S/2C10H15.C2H7Si.2ClH.Zr/c2*1-3-4-5-10-7-6-9(2)8-10;1-3-2;;;/h2*8H,3-5,7H2,1-2H3;3H,1-2H3;2*1H;/q2*-1;;;;+2. The molecule has 0 amide bonds. The maximum Gasteiger partial charge on any atom is 2.00 e. The molecule has 2 aliphatic carbocycles. The van der Waals surface area contributed by atoms with Gasteiger partial charge in [0.1, 0.15) is 0 Å². The molecule has 0 saturated carbocycles. The van der Waals surface area contributed by atoms with E-state index in [9.17, 15) is 0 Å². The molecule has 0 saturated heterocycles. The topological polar surface area (TPSA) is 0 Å². The van der Waals surface area contributed by atoms with E-state index in [0.717, 1.165) is 22.4 Å². The van der Waals surface area contributed by atoms with Crippen molar-refractivity contribution in [2.75, 3.05) is 0 Å². The minimum Gasteiger partial charge on any atom is -0.269 e. The Bertz CT molecular complexity index is 397. The molecular formula is C22H39Cl2SiZr. The predicted octanol–water partition coefficient (Wildman–Crippen LogP) is 7.87. The van der Waals surface area contributed by atoms with Gasteiger partial charge in [-0.25, -0.2) is 23.3 Å². The normalized spacial score (nSPS) is 13.8. The number of unbranched alkanes of at least 4 members (excludes halogenated alkanes) is 2. The van der Waals surface area contributed by atoms with Crippen LogP contribution in [0.4, 0.5) is 0 Å². The van der Waals surface area contributed by atoms with Crippen molar-refractivity contribution in [2.45, 2.75) is 92.2 Å². The Balaban J connectivity index is -0.000000147.